The number of hydrogen-bond donors (Lipinski definition) is 8. The summed E-state index contributed by atoms with van der Waals surface area (Å²) in [4.78, 5) is 67.7. The number of hydrogen-bond acceptors (Lipinski definition) is 8. The number of phenolic OH excluding ortho intramolecular Hbond substituents is 1. The molecule has 4 atom stereocenters. The van der Waals surface area contributed by atoms with Gasteiger partial charge in [0.1, 0.15) is 23.9 Å². The fourth-order valence-corrected chi connectivity index (χ4v) is 3.28. The van der Waals surface area contributed by atoms with Crippen LogP contribution in [-0.4, -0.2) is 79.1 Å². The van der Waals surface area contributed by atoms with Crippen LogP contribution < -0.4 is 21.7 Å². The number of aliphatic carboxylic acids is 2. The van der Waals surface area contributed by atoms with Gasteiger partial charge in [0.15, 0.2) is 0 Å². The maximum Gasteiger partial charge on any atom is 0.326 e. The molecule has 0 radical (unpaired) electrons. The van der Waals surface area contributed by atoms with Crippen molar-refractivity contribution >= 4 is 29.7 Å². The molecule has 0 aliphatic heterocycles. The molecule has 0 bridgehead atoms. The quantitative estimate of drug-likeness (QED) is 0.146. The number of nitrogens with zero attached hydrogens (tertiary/aromatic N) is 1. The SMILES string of the molecule is CC(N)C(=O)NC(CCC(=O)O)C(=O)NC(Cc1cnc[nH]1)C(=O)NC(Cc1ccc(O)cc1)C(=O)O. The third-order valence-corrected chi connectivity index (χ3v) is 5.30. The van der Waals surface area contributed by atoms with E-state index in [9.17, 15) is 34.2 Å². The Morgan fingerprint density at radius 1 is 0.919 bits per heavy atom. The van der Waals surface area contributed by atoms with E-state index in [0.29, 0.717) is 11.3 Å². The zero-order chi connectivity index (χ0) is 27.5. The van der Waals surface area contributed by atoms with Crippen molar-refractivity contribution in [3.05, 3.63) is 48.0 Å². The Labute approximate surface area is 211 Å². The molecule has 3 amide bonds. The Balaban J connectivity index is 2.21. The van der Waals surface area contributed by atoms with E-state index in [1.54, 1.807) is 0 Å². The minimum Gasteiger partial charge on any atom is -0.508 e. The summed E-state index contributed by atoms with van der Waals surface area (Å²) in [5, 5.41) is 35.3. The lowest BCUT2D eigenvalue weighted by atomic mass is 10.0. The van der Waals surface area contributed by atoms with Crippen molar-refractivity contribution in [2.45, 2.75) is 56.8 Å². The van der Waals surface area contributed by atoms with Crippen LogP contribution in [0.1, 0.15) is 31.0 Å². The highest BCUT2D eigenvalue weighted by Crippen LogP contribution is 2.12. The summed E-state index contributed by atoms with van der Waals surface area (Å²) in [6.07, 6.45) is 1.86. The predicted molar refractivity (Wildman–Crippen MR) is 128 cm³/mol. The van der Waals surface area contributed by atoms with Crippen molar-refractivity contribution in [3.63, 3.8) is 0 Å². The third kappa shape index (κ3) is 9.60. The molecule has 1 heterocycles. The molecule has 14 nitrogen and oxygen atoms in total. The number of benzene rings is 1. The zero-order valence-electron chi connectivity index (χ0n) is 20.0. The summed E-state index contributed by atoms with van der Waals surface area (Å²) in [7, 11) is 0. The van der Waals surface area contributed by atoms with E-state index in [1.807, 2.05) is 0 Å². The van der Waals surface area contributed by atoms with Crippen LogP contribution in [0.5, 0.6) is 5.75 Å². The van der Waals surface area contributed by atoms with Crippen molar-refractivity contribution < 1.29 is 39.3 Å². The van der Waals surface area contributed by atoms with Crippen LogP contribution in [-0.2, 0) is 36.8 Å². The Bertz CT molecular complexity index is 1090. The molecule has 1 aromatic heterocycles. The number of H-pyrrole nitrogens is 1. The van der Waals surface area contributed by atoms with Gasteiger partial charge in [-0.05, 0) is 31.0 Å². The molecular weight excluding hydrogens is 488 g/mol. The minimum absolute atomic E-state index is 0.00410. The molecule has 2 aromatic rings. The monoisotopic (exact) mass is 518 g/mol. The molecule has 0 aliphatic rings. The van der Waals surface area contributed by atoms with Gasteiger partial charge in [-0.3, -0.25) is 19.2 Å². The molecule has 2 rings (SSSR count). The topological polar surface area (TPSA) is 237 Å². The molecule has 0 fully saturated rings. The summed E-state index contributed by atoms with van der Waals surface area (Å²) in [6.45, 7) is 1.39. The number of rotatable bonds is 14. The largest absolute Gasteiger partial charge is 0.508 e. The summed E-state index contributed by atoms with van der Waals surface area (Å²) < 4.78 is 0. The average Bonchev–Trinajstić information content (AvgIpc) is 3.34. The molecule has 0 aliphatic carbocycles. The number of aromatic amines is 1. The third-order valence-electron chi connectivity index (χ3n) is 5.30. The van der Waals surface area contributed by atoms with Crippen LogP contribution in [0.25, 0.3) is 0 Å². The van der Waals surface area contributed by atoms with Gasteiger partial charge < -0.3 is 42.0 Å². The lowest BCUT2D eigenvalue weighted by molar-refractivity contribution is -0.142. The fraction of sp³-hybridized carbons (Fsp3) is 0.391. The minimum atomic E-state index is -1.36. The number of nitrogens with one attached hydrogen (secondary N) is 4. The van der Waals surface area contributed by atoms with E-state index in [-0.39, 0.29) is 25.0 Å². The normalized spacial score (nSPS) is 14.0. The number of phenols is 1. The second-order valence-electron chi connectivity index (χ2n) is 8.39. The van der Waals surface area contributed by atoms with E-state index in [0.717, 1.165) is 0 Å². The molecule has 14 heteroatoms. The number of aromatic nitrogens is 2. The van der Waals surface area contributed by atoms with E-state index in [2.05, 4.69) is 25.9 Å². The van der Waals surface area contributed by atoms with Crippen LogP contribution in [0.3, 0.4) is 0 Å². The number of aromatic hydroxyl groups is 1. The highest BCUT2D eigenvalue weighted by molar-refractivity contribution is 5.94. The van der Waals surface area contributed by atoms with Gasteiger partial charge in [-0.25, -0.2) is 9.78 Å². The van der Waals surface area contributed by atoms with Gasteiger partial charge in [0.2, 0.25) is 17.7 Å². The van der Waals surface area contributed by atoms with Crippen LogP contribution in [0, 0.1) is 0 Å². The highest BCUT2D eigenvalue weighted by atomic mass is 16.4. The second-order valence-corrected chi connectivity index (χ2v) is 8.39. The molecule has 0 saturated carbocycles. The summed E-state index contributed by atoms with van der Waals surface area (Å²) >= 11 is 0. The summed E-state index contributed by atoms with van der Waals surface area (Å²) in [5.41, 5.74) is 6.52. The van der Waals surface area contributed by atoms with Crippen molar-refractivity contribution in [2.75, 3.05) is 0 Å². The number of carboxylic acids is 2. The number of carbonyl (C=O) groups is 5. The molecule has 0 spiro atoms. The van der Waals surface area contributed by atoms with Gasteiger partial charge in [-0.2, -0.15) is 0 Å². The van der Waals surface area contributed by atoms with Gasteiger partial charge >= 0.3 is 11.9 Å². The Morgan fingerprint density at radius 3 is 2.05 bits per heavy atom. The molecule has 9 N–H and O–H groups in total. The van der Waals surface area contributed by atoms with Crippen LogP contribution in [0.4, 0.5) is 0 Å². The summed E-state index contributed by atoms with van der Waals surface area (Å²) in [5.74, 6) is -4.89. The summed E-state index contributed by atoms with van der Waals surface area (Å²) in [6, 6.07) is 0.841. The Morgan fingerprint density at radius 2 is 1.51 bits per heavy atom. The van der Waals surface area contributed by atoms with Crippen molar-refractivity contribution in [2.24, 2.45) is 5.73 Å². The number of carboxylic acid groups (broad SMARTS) is 2. The molecule has 1 aromatic carbocycles. The first-order valence-electron chi connectivity index (χ1n) is 11.3. The van der Waals surface area contributed by atoms with Gasteiger partial charge in [0.25, 0.3) is 0 Å². The molecule has 0 saturated heterocycles. The standard InChI is InChI=1S/C23H30N6O8/c1-12(24)20(33)27-16(6-7-19(31)32)21(34)28-17(9-14-10-25-11-26-14)22(35)29-18(23(36)37)8-13-2-4-15(30)5-3-13/h2-5,10-12,16-18,30H,6-9,24H2,1H3,(H,25,26)(H,27,33)(H,28,34)(H,29,35)(H,31,32)(H,36,37). The Kier molecular flexibility index (Phi) is 10.6. The van der Waals surface area contributed by atoms with E-state index >= 15 is 0 Å². The number of imidazole rings is 1. The average molecular weight is 519 g/mol. The molecule has 37 heavy (non-hydrogen) atoms. The van der Waals surface area contributed by atoms with E-state index < -0.39 is 60.2 Å². The van der Waals surface area contributed by atoms with Crippen LogP contribution in [0.2, 0.25) is 0 Å². The van der Waals surface area contributed by atoms with E-state index in [4.69, 9.17) is 10.8 Å². The lowest BCUT2D eigenvalue weighted by Crippen LogP contribution is -2.57. The number of nitrogens with two attached hydrogens (primary N) is 1. The van der Waals surface area contributed by atoms with Crippen LogP contribution in [0.15, 0.2) is 36.8 Å². The number of carbonyl (C=O) groups excluding carboxylic acids is 3. The maximum atomic E-state index is 13.1. The first-order valence-corrected chi connectivity index (χ1v) is 11.3. The zero-order valence-corrected chi connectivity index (χ0v) is 20.0. The van der Waals surface area contributed by atoms with Crippen molar-refractivity contribution in [3.8, 4) is 5.75 Å². The van der Waals surface area contributed by atoms with Gasteiger partial charge in [-0.15, -0.1) is 0 Å². The highest BCUT2D eigenvalue weighted by Gasteiger charge is 2.30. The molecule has 4 unspecified atom stereocenters. The van der Waals surface area contributed by atoms with Crippen molar-refractivity contribution in [1.82, 2.24) is 25.9 Å². The maximum absolute atomic E-state index is 13.1. The predicted octanol–water partition coefficient (Wildman–Crippen LogP) is -1.35. The fourth-order valence-electron chi connectivity index (χ4n) is 3.28. The number of amides is 3. The first-order chi connectivity index (χ1) is 17.5. The molecular formula is C23H30N6O8. The van der Waals surface area contributed by atoms with Gasteiger partial charge in [0, 0.05) is 31.2 Å². The second kappa shape index (κ2) is 13.6. The van der Waals surface area contributed by atoms with Gasteiger partial charge in [-0.1, -0.05) is 12.1 Å². The smallest absolute Gasteiger partial charge is 0.326 e. The lowest BCUT2D eigenvalue weighted by Gasteiger charge is -2.24. The van der Waals surface area contributed by atoms with E-state index in [1.165, 1.54) is 43.7 Å². The van der Waals surface area contributed by atoms with Crippen molar-refractivity contribution in [1.29, 1.82) is 0 Å². The Hall–Kier alpha value is -4.46. The van der Waals surface area contributed by atoms with Crippen LogP contribution >= 0.6 is 0 Å². The van der Waals surface area contributed by atoms with Gasteiger partial charge in [0.05, 0.1) is 12.4 Å². The molecule has 200 valence electrons. The first kappa shape index (κ1) is 28.8.